The van der Waals surface area contributed by atoms with E-state index in [4.69, 9.17) is 0 Å². The van der Waals surface area contributed by atoms with Crippen LogP contribution in [0.15, 0.2) is 21.8 Å². The third-order valence-corrected chi connectivity index (χ3v) is 6.02. The lowest BCUT2D eigenvalue weighted by molar-refractivity contribution is -0.140. The van der Waals surface area contributed by atoms with Crippen molar-refractivity contribution in [3.8, 4) is 0 Å². The molecule has 1 aliphatic rings. The molecule has 2 N–H and O–H groups in total. The summed E-state index contributed by atoms with van der Waals surface area (Å²) in [4.78, 5) is 11.8. The second kappa shape index (κ2) is 9.03. The fourth-order valence-corrected chi connectivity index (χ4v) is 4.45. The largest absolute Gasteiger partial charge is 0.434 e. The van der Waals surface area contributed by atoms with E-state index < -0.39 is 11.9 Å². The fraction of sp³-hybridized carbons (Fsp3) is 0.529. The van der Waals surface area contributed by atoms with Gasteiger partial charge in [0.1, 0.15) is 5.01 Å². The summed E-state index contributed by atoms with van der Waals surface area (Å²) in [6.07, 6.45) is -3.31. The molecule has 0 saturated heterocycles. The standard InChI is InChI=1S/C17H22F3N5S2/c1-2-21-16(23-9-15-24-14(11-27-15)17(18,19)20)22-5-7-25-6-3-13-12(10-25)4-8-26-13/h4,8,11H,2-3,5-7,9-10H2,1H3,(H2,21,22,23). The lowest BCUT2D eigenvalue weighted by Gasteiger charge is -2.27. The normalized spacial score (nSPS) is 15.6. The molecule has 0 aromatic carbocycles. The predicted octanol–water partition coefficient (Wildman–Crippen LogP) is 3.34. The first-order chi connectivity index (χ1) is 13.0. The Labute approximate surface area is 164 Å². The smallest absolute Gasteiger partial charge is 0.357 e. The Bertz CT molecular complexity index is 769. The van der Waals surface area contributed by atoms with Crippen molar-refractivity contribution >= 4 is 28.6 Å². The fourth-order valence-electron chi connectivity index (χ4n) is 2.83. The summed E-state index contributed by atoms with van der Waals surface area (Å²) in [5.74, 6) is 0.592. The summed E-state index contributed by atoms with van der Waals surface area (Å²) in [6, 6.07) is 2.19. The number of nitrogens with one attached hydrogen (secondary N) is 2. The summed E-state index contributed by atoms with van der Waals surface area (Å²) in [5, 5.41) is 9.88. The first-order valence-electron chi connectivity index (χ1n) is 8.77. The number of hydrogen-bond donors (Lipinski definition) is 2. The zero-order chi connectivity index (χ0) is 19.3. The second-order valence-electron chi connectivity index (χ2n) is 6.14. The quantitative estimate of drug-likeness (QED) is 0.559. The third kappa shape index (κ3) is 5.66. The van der Waals surface area contributed by atoms with Gasteiger partial charge in [0.15, 0.2) is 11.7 Å². The third-order valence-electron chi connectivity index (χ3n) is 4.17. The van der Waals surface area contributed by atoms with Crippen molar-refractivity contribution < 1.29 is 13.2 Å². The number of rotatable bonds is 6. The first-order valence-corrected chi connectivity index (χ1v) is 10.5. The number of halogens is 3. The summed E-state index contributed by atoms with van der Waals surface area (Å²) in [6.45, 7) is 6.37. The monoisotopic (exact) mass is 417 g/mol. The summed E-state index contributed by atoms with van der Waals surface area (Å²) >= 11 is 2.80. The van der Waals surface area contributed by atoms with E-state index in [0.29, 0.717) is 17.5 Å². The summed E-state index contributed by atoms with van der Waals surface area (Å²) < 4.78 is 37.8. The van der Waals surface area contributed by atoms with Crippen LogP contribution in [0.4, 0.5) is 13.2 Å². The molecule has 1 aliphatic heterocycles. The zero-order valence-corrected chi connectivity index (χ0v) is 16.6. The van der Waals surface area contributed by atoms with Gasteiger partial charge < -0.3 is 10.6 Å². The predicted molar refractivity (Wildman–Crippen MR) is 103 cm³/mol. The molecular weight excluding hydrogens is 395 g/mol. The summed E-state index contributed by atoms with van der Waals surface area (Å²) in [5.41, 5.74) is 0.560. The zero-order valence-electron chi connectivity index (χ0n) is 15.0. The lowest BCUT2D eigenvalue weighted by atomic mass is 10.1. The molecule has 0 fully saturated rings. The molecular formula is C17H22F3N5S2. The van der Waals surface area contributed by atoms with Crippen LogP contribution in [0.1, 0.15) is 28.1 Å². The van der Waals surface area contributed by atoms with Crippen LogP contribution in [0.25, 0.3) is 0 Å². The van der Waals surface area contributed by atoms with Crippen molar-refractivity contribution in [1.82, 2.24) is 20.5 Å². The average molecular weight is 418 g/mol. The number of thiazole rings is 1. The van der Waals surface area contributed by atoms with Crippen LogP contribution in [0, 0.1) is 0 Å². The highest BCUT2D eigenvalue weighted by Crippen LogP contribution is 2.30. The van der Waals surface area contributed by atoms with Gasteiger partial charge in [0, 0.05) is 43.0 Å². The molecule has 3 heterocycles. The Morgan fingerprint density at radius 1 is 1.33 bits per heavy atom. The van der Waals surface area contributed by atoms with Crippen molar-refractivity contribution in [1.29, 1.82) is 0 Å². The summed E-state index contributed by atoms with van der Waals surface area (Å²) in [7, 11) is 0. The molecule has 0 amide bonds. The maximum Gasteiger partial charge on any atom is 0.434 e. The van der Waals surface area contributed by atoms with E-state index in [-0.39, 0.29) is 6.54 Å². The van der Waals surface area contributed by atoms with Gasteiger partial charge >= 0.3 is 6.18 Å². The molecule has 27 heavy (non-hydrogen) atoms. The Morgan fingerprint density at radius 3 is 2.93 bits per heavy atom. The van der Waals surface area contributed by atoms with Gasteiger partial charge in [0.05, 0.1) is 6.54 Å². The Kier molecular flexibility index (Phi) is 6.72. The maximum atomic E-state index is 12.6. The van der Waals surface area contributed by atoms with E-state index in [0.717, 1.165) is 49.3 Å². The number of guanidine groups is 1. The molecule has 10 heteroatoms. The minimum Gasteiger partial charge on any atom is -0.357 e. The number of nitrogens with zero attached hydrogens (tertiary/aromatic N) is 3. The molecule has 0 unspecified atom stereocenters. The number of thiophene rings is 1. The van der Waals surface area contributed by atoms with Crippen molar-refractivity contribution in [2.45, 2.75) is 32.6 Å². The molecule has 0 radical (unpaired) electrons. The number of alkyl halides is 3. The lowest BCUT2D eigenvalue weighted by Crippen LogP contribution is -2.42. The molecule has 3 rings (SSSR count). The SMILES string of the molecule is CCNC(=NCc1nc(C(F)(F)F)cs1)NCCN1CCc2sccc2C1. The highest BCUT2D eigenvalue weighted by atomic mass is 32.1. The van der Waals surface area contributed by atoms with Crippen LogP contribution in [0.5, 0.6) is 0 Å². The van der Waals surface area contributed by atoms with Gasteiger partial charge in [0.25, 0.3) is 0 Å². The first kappa shape index (κ1) is 20.1. The van der Waals surface area contributed by atoms with E-state index in [1.165, 1.54) is 10.4 Å². The Balaban J connectivity index is 1.48. The molecule has 0 atom stereocenters. The minimum atomic E-state index is -4.40. The van der Waals surface area contributed by atoms with Gasteiger partial charge in [-0.05, 0) is 30.4 Å². The minimum absolute atomic E-state index is 0.123. The maximum absolute atomic E-state index is 12.6. The van der Waals surface area contributed by atoms with Crippen molar-refractivity contribution in [2.24, 2.45) is 4.99 Å². The Hall–Kier alpha value is -1.65. The number of aromatic nitrogens is 1. The highest BCUT2D eigenvalue weighted by Gasteiger charge is 2.33. The molecule has 2 aromatic heterocycles. The van der Waals surface area contributed by atoms with Gasteiger partial charge in [-0.2, -0.15) is 13.2 Å². The van der Waals surface area contributed by atoms with E-state index >= 15 is 0 Å². The average Bonchev–Trinajstić information content (AvgIpc) is 3.28. The Morgan fingerprint density at radius 2 is 2.19 bits per heavy atom. The van der Waals surface area contributed by atoms with E-state index in [9.17, 15) is 13.2 Å². The van der Waals surface area contributed by atoms with Crippen LogP contribution < -0.4 is 10.6 Å². The molecule has 5 nitrogen and oxygen atoms in total. The highest BCUT2D eigenvalue weighted by molar-refractivity contribution is 7.10. The van der Waals surface area contributed by atoms with Gasteiger partial charge in [-0.3, -0.25) is 4.90 Å². The number of hydrogen-bond acceptors (Lipinski definition) is 5. The van der Waals surface area contributed by atoms with Crippen LogP contribution in [-0.2, 0) is 25.7 Å². The van der Waals surface area contributed by atoms with Gasteiger partial charge in [0.2, 0.25) is 0 Å². The number of aliphatic imine (C=N–C) groups is 1. The van der Waals surface area contributed by atoms with E-state index in [1.807, 2.05) is 18.3 Å². The topological polar surface area (TPSA) is 52.6 Å². The molecule has 0 bridgehead atoms. The van der Waals surface area contributed by atoms with Gasteiger partial charge in [-0.25, -0.2) is 9.98 Å². The van der Waals surface area contributed by atoms with Crippen molar-refractivity contribution in [3.05, 3.63) is 38.0 Å². The van der Waals surface area contributed by atoms with Crippen LogP contribution in [0.3, 0.4) is 0 Å². The van der Waals surface area contributed by atoms with E-state index in [2.05, 4.69) is 37.0 Å². The number of fused-ring (bicyclic) bond motifs is 1. The second-order valence-corrected chi connectivity index (χ2v) is 8.08. The van der Waals surface area contributed by atoms with Crippen LogP contribution in [-0.4, -0.2) is 42.0 Å². The molecule has 0 aliphatic carbocycles. The van der Waals surface area contributed by atoms with E-state index in [1.54, 1.807) is 0 Å². The van der Waals surface area contributed by atoms with Crippen molar-refractivity contribution in [2.75, 3.05) is 26.2 Å². The van der Waals surface area contributed by atoms with Crippen LogP contribution >= 0.6 is 22.7 Å². The molecule has 0 saturated carbocycles. The van der Waals surface area contributed by atoms with Crippen molar-refractivity contribution in [3.63, 3.8) is 0 Å². The van der Waals surface area contributed by atoms with Gasteiger partial charge in [-0.15, -0.1) is 22.7 Å². The molecule has 148 valence electrons. The molecule has 2 aromatic rings. The van der Waals surface area contributed by atoms with Gasteiger partial charge in [-0.1, -0.05) is 0 Å². The molecule has 0 spiro atoms. The van der Waals surface area contributed by atoms with Crippen LogP contribution in [0.2, 0.25) is 0 Å².